The molecule has 0 radical (unpaired) electrons. The van der Waals surface area contributed by atoms with Crippen LogP contribution in [0.1, 0.15) is 5.69 Å². The molecule has 1 aromatic heterocycles. The van der Waals surface area contributed by atoms with E-state index in [0.717, 1.165) is 12.1 Å². The molecule has 3 nitrogen and oxygen atoms in total. The molecule has 0 aliphatic rings. The van der Waals surface area contributed by atoms with Crippen LogP contribution in [-0.2, 0) is 6.42 Å². The quantitative estimate of drug-likeness (QED) is 0.605. The fourth-order valence-corrected chi connectivity index (χ4v) is 0.473. The van der Waals surface area contributed by atoms with Crippen LogP contribution in [0.2, 0.25) is 0 Å². The van der Waals surface area contributed by atoms with E-state index in [2.05, 4.69) is 22.0 Å². The molecule has 1 N–H and O–H groups in total. The molecule has 5 heteroatoms. The molecule has 0 aromatic carbocycles. The molecule has 1 aromatic rings. The van der Waals surface area contributed by atoms with E-state index in [-0.39, 0.29) is 26.9 Å². The number of hydrogen-bond acceptors (Lipinski definition) is 2. The fourth-order valence-electron chi connectivity index (χ4n) is 0.473. The van der Waals surface area contributed by atoms with Gasteiger partial charge in [0.15, 0.2) is 0 Å². The lowest BCUT2D eigenvalue weighted by molar-refractivity contribution is 0.919. The van der Waals surface area contributed by atoms with E-state index in [1.54, 1.807) is 12.3 Å². The van der Waals surface area contributed by atoms with Gasteiger partial charge in [-0.1, -0.05) is 11.3 Å². The molecule has 0 aliphatic heterocycles. The van der Waals surface area contributed by atoms with E-state index in [1.807, 2.05) is 0 Å². The molecule has 0 fully saturated rings. The zero-order valence-electron chi connectivity index (χ0n) is 5.58. The van der Waals surface area contributed by atoms with Gasteiger partial charge in [-0.15, -0.1) is 28.7 Å². The Balaban J connectivity index is 0. The molecule has 0 amide bonds. The van der Waals surface area contributed by atoms with E-state index in [1.165, 1.54) is 0 Å². The molecule has 58 valence electrons. The second kappa shape index (κ2) is 6.90. The number of rotatable bonds is 2. The van der Waals surface area contributed by atoms with Crippen molar-refractivity contribution in [1.29, 1.82) is 0 Å². The van der Waals surface area contributed by atoms with Crippen LogP contribution in [0.3, 0.4) is 0 Å². The molecule has 0 saturated carbocycles. The Labute approximate surface area is 73.7 Å². The van der Waals surface area contributed by atoms with Crippen molar-refractivity contribution >= 4 is 26.9 Å². The van der Waals surface area contributed by atoms with Gasteiger partial charge >= 0.3 is 0 Å². The molecule has 1 unspecified atom stereocenters. The monoisotopic (exact) mass is 223 g/mol. The third kappa shape index (κ3) is 3.75. The SMILES string of the molecule is Br.C=CCc1c[nH]nn1.P. The van der Waals surface area contributed by atoms with Crippen LogP contribution in [-0.4, -0.2) is 15.4 Å². The Morgan fingerprint density at radius 1 is 1.70 bits per heavy atom. The van der Waals surface area contributed by atoms with Crippen molar-refractivity contribution in [3.8, 4) is 0 Å². The molecule has 1 atom stereocenters. The van der Waals surface area contributed by atoms with Crippen molar-refractivity contribution in [1.82, 2.24) is 15.4 Å². The molecule has 10 heavy (non-hydrogen) atoms. The third-order valence-corrected chi connectivity index (χ3v) is 0.821. The standard InChI is InChI=1S/C5H7N3.BrH.H3P/c1-2-3-5-4-6-8-7-5;;/h2,4H,1,3H2,(H,6,7,8);1H;1H3. The lowest BCUT2D eigenvalue weighted by Crippen LogP contribution is -1.77. The highest BCUT2D eigenvalue weighted by Gasteiger charge is 1.87. The number of aromatic nitrogens is 3. The highest BCUT2D eigenvalue weighted by atomic mass is 79.9. The zero-order chi connectivity index (χ0) is 5.82. The summed E-state index contributed by atoms with van der Waals surface area (Å²) in [7, 11) is 0. The minimum Gasteiger partial charge on any atom is -0.265 e. The number of H-pyrrole nitrogens is 1. The van der Waals surface area contributed by atoms with Gasteiger partial charge < -0.3 is 0 Å². The van der Waals surface area contributed by atoms with E-state index in [9.17, 15) is 0 Å². The maximum Gasteiger partial charge on any atom is 0.0861 e. The van der Waals surface area contributed by atoms with Crippen LogP contribution >= 0.6 is 26.9 Å². The molecule has 0 spiro atoms. The molecule has 0 saturated heterocycles. The van der Waals surface area contributed by atoms with Crippen molar-refractivity contribution in [2.75, 3.05) is 0 Å². The van der Waals surface area contributed by atoms with Crippen LogP contribution in [0.4, 0.5) is 0 Å². The number of nitrogens with zero attached hydrogens (tertiary/aromatic N) is 2. The first-order valence-electron chi connectivity index (χ1n) is 2.39. The van der Waals surface area contributed by atoms with Crippen molar-refractivity contribution < 1.29 is 0 Å². The molecular weight excluding hydrogens is 213 g/mol. The summed E-state index contributed by atoms with van der Waals surface area (Å²) in [5.74, 6) is 0. The number of allylic oxidation sites excluding steroid dienone is 1. The highest BCUT2D eigenvalue weighted by Crippen LogP contribution is 1.88. The largest absolute Gasteiger partial charge is 0.265 e. The Morgan fingerprint density at radius 2 is 2.40 bits per heavy atom. The smallest absolute Gasteiger partial charge is 0.0861 e. The van der Waals surface area contributed by atoms with E-state index in [0.29, 0.717) is 0 Å². The van der Waals surface area contributed by atoms with Crippen molar-refractivity contribution in [2.24, 2.45) is 0 Å². The second-order valence-corrected chi connectivity index (χ2v) is 1.46. The van der Waals surface area contributed by atoms with Gasteiger partial charge in [0, 0.05) is 12.6 Å². The van der Waals surface area contributed by atoms with Crippen LogP contribution < -0.4 is 0 Å². The third-order valence-electron chi connectivity index (χ3n) is 0.821. The zero-order valence-corrected chi connectivity index (χ0v) is 8.71. The molecule has 1 heterocycles. The van der Waals surface area contributed by atoms with Crippen LogP contribution in [0.15, 0.2) is 18.9 Å². The summed E-state index contributed by atoms with van der Waals surface area (Å²) in [6.07, 6.45) is 4.33. The van der Waals surface area contributed by atoms with Gasteiger partial charge in [-0.2, -0.15) is 9.90 Å². The Bertz CT molecular complexity index is 163. The van der Waals surface area contributed by atoms with Gasteiger partial charge in [0.1, 0.15) is 0 Å². The summed E-state index contributed by atoms with van der Waals surface area (Å²) < 4.78 is 0. The lowest BCUT2D eigenvalue weighted by atomic mass is 10.3. The summed E-state index contributed by atoms with van der Waals surface area (Å²) >= 11 is 0. The molecule has 1 rings (SSSR count). The Hall–Kier alpha value is -0.210. The summed E-state index contributed by atoms with van der Waals surface area (Å²) in [6, 6.07) is 0. The van der Waals surface area contributed by atoms with Crippen molar-refractivity contribution in [2.45, 2.75) is 6.42 Å². The first kappa shape index (κ1) is 12.5. The summed E-state index contributed by atoms with van der Waals surface area (Å²) in [4.78, 5) is 0. The predicted octanol–water partition coefficient (Wildman–Crippen LogP) is 1.17. The number of hydrogen-bond donors (Lipinski definition) is 1. The first-order chi connectivity index (χ1) is 3.93. The maximum atomic E-state index is 3.73. The molecule has 0 bridgehead atoms. The summed E-state index contributed by atoms with van der Waals surface area (Å²) in [5, 5.41) is 9.85. The average Bonchev–Trinajstić information content (AvgIpc) is 2.19. The van der Waals surface area contributed by atoms with E-state index < -0.39 is 0 Å². The van der Waals surface area contributed by atoms with Gasteiger partial charge in [-0.25, -0.2) is 0 Å². The molecular formula is C5H11BrN3P. The Kier molecular flexibility index (Phi) is 8.61. The number of aromatic amines is 1. The summed E-state index contributed by atoms with van der Waals surface area (Å²) in [6.45, 7) is 3.55. The van der Waals surface area contributed by atoms with Crippen LogP contribution in [0, 0.1) is 0 Å². The van der Waals surface area contributed by atoms with Gasteiger partial charge in [-0.3, -0.25) is 5.10 Å². The maximum absolute atomic E-state index is 3.73. The van der Waals surface area contributed by atoms with Gasteiger partial charge in [0.05, 0.1) is 5.69 Å². The minimum absolute atomic E-state index is 0. The molecule has 0 aliphatic carbocycles. The van der Waals surface area contributed by atoms with Gasteiger partial charge in [-0.05, 0) is 0 Å². The lowest BCUT2D eigenvalue weighted by Gasteiger charge is -1.77. The average molecular weight is 224 g/mol. The van der Waals surface area contributed by atoms with Crippen molar-refractivity contribution in [3.05, 3.63) is 24.5 Å². The fraction of sp³-hybridized carbons (Fsp3) is 0.200. The van der Waals surface area contributed by atoms with Crippen LogP contribution in [0.25, 0.3) is 0 Å². The Morgan fingerprint density at radius 3 is 2.80 bits per heavy atom. The van der Waals surface area contributed by atoms with Crippen molar-refractivity contribution in [3.63, 3.8) is 0 Å². The number of halogens is 1. The topological polar surface area (TPSA) is 41.6 Å². The normalized spacial score (nSPS) is 7.20. The van der Waals surface area contributed by atoms with Gasteiger partial charge in [0.25, 0.3) is 0 Å². The highest BCUT2D eigenvalue weighted by molar-refractivity contribution is 8.93. The van der Waals surface area contributed by atoms with E-state index >= 15 is 0 Å². The predicted molar refractivity (Wildman–Crippen MR) is 51.7 cm³/mol. The van der Waals surface area contributed by atoms with Gasteiger partial charge in [0.2, 0.25) is 0 Å². The second-order valence-electron chi connectivity index (χ2n) is 1.46. The first-order valence-corrected chi connectivity index (χ1v) is 2.39. The number of nitrogens with one attached hydrogen (secondary N) is 1. The van der Waals surface area contributed by atoms with E-state index in [4.69, 9.17) is 0 Å². The van der Waals surface area contributed by atoms with Crippen LogP contribution in [0.5, 0.6) is 0 Å². The minimum atomic E-state index is 0. The summed E-state index contributed by atoms with van der Waals surface area (Å²) in [5.41, 5.74) is 0.931.